The molecule has 0 aliphatic heterocycles. The second-order valence-corrected chi connectivity index (χ2v) is 14.6. The minimum atomic E-state index is 1.07. The van der Waals surface area contributed by atoms with Crippen LogP contribution in [-0.4, -0.2) is 0 Å². The summed E-state index contributed by atoms with van der Waals surface area (Å²) in [6, 6.07) is 87.2. The molecule has 0 amide bonds. The summed E-state index contributed by atoms with van der Waals surface area (Å²) in [5, 5.41) is 5.00. The van der Waals surface area contributed by atoms with Crippen molar-refractivity contribution < 1.29 is 0 Å². The highest BCUT2D eigenvalue weighted by molar-refractivity contribution is 6.09. The van der Waals surface area contributed by atoms with Gasteiger partial charge in [-0.25, -0.2) is 0 Å². The van der Waals surface area contributed by atoms with E-state index in [1.807, 2.05) is 0 Å². The summed E-state index contributed by atoms with van der Waals surface area (Å²) in [5.74, 6) is 0. The molecule has 0 fully saturated rings. The van der Waals surface area contributed by atoms with Gasteiger partial charge in [-0.3, -0.25) is 0 Å². The topological polar surface area (TPSA) is 6.48 Å². The number of fused-ring (bicyclic) bond motifs is 2. The summed E-state index contributed by atoms with van der Waals surface area (Å²) in [5.41, 5.74) is 13.8. The van der Waals surface area contributed by atoms with Gasteiger partial charge in [-0.15, -0.1) is 0 Å². The number of para-hydroxylation sites is 2. The van der Waals surface area contributed by atoms with Gasteiger partial charge >= 0.3 is 0 Å². The van der Waals surface area contributed by atoms with Crippen LogP contribution in [0.3, 0.4) is 0 Å². The Kier molecular flexibility index (Phi) is 9.27. The molecule has 0 saturated heterocycles. The molecule has 10 aromatic rings. The van der Waals surface area contributed by atoms with E-state index in [9.17, 15) is 0 Å². The largest absolute Gasteiger partial charge is 0.310 e. The molecule has 2 nitrogen and oxygen atoms in total. The van der Waals surface area contributed by atoms with Gasteiger partial charge in [-0.05, 0) is 122 Å². The van der Waals surface area contributed by atoms with Crippen LogP contribution in [0.5, 0.6) is 0 Å². The normalized spacial score (nSPS) is 11.1. The smallest absolute Gasteiger partial charge is 0.0482 e. The first-order chi connectivity index (χ1) is 28.8. The molecule has 2 heteroatoms. The van der Waals surface area contributed by atoms with Crippen LogP contribution in [0.4, 0.5) is 34.1 Å². The van der Waals surface area contributed by atoms with E-state index in [-0.39, 0.29) is 0 Å². The summed E-state index contributed by atoms with van der Waals surface area (Å²) >= 11 is 0. The van der Waals surface area contributed by atoms with Gasteiger partial charge in [0.15, 0.2) is 0 Å². The van der Waals surface area contributed by atoms with Gasteiger partial charge in [0, 0.05) is 34.1 Å². The third-order valence-corrected chi connectivity index (χ3v) is 11.0. The Morgan fingerprint density at radius 2 is 0.603 bits per heavy atom. The second kappa shape index (κ2) is 15.5. The highest BCUT2D eigenvalue weighted by Gasteiger charge is 2.18. The lowest BCUT2D eigenvalue weighted by Crippen LogP contribution is -2.13. The monoisotopic (exact) mass is 740 g/mol. The van der Waals surface area contributed by atoms with Crippen LogP contribution in [0.2, 0.25) is 0 Å². The Balaban J connectivity index is 1.09. The van der Waals surface area contributed by atoms with Crippen LogP contribution >= 0.6 is 0 Å². The molecule has 0 aromatic heterocycles. The van der Waals surface area contributed by atoms with Crippen LogP contribution in [0.1, 0.15) is 0 Å². The molecule has 274 valence electrons. The van der Waals surface area contributed by atoms with Gasteiger partial charge in [-0.2, -0.15) is 0 Å². The molecule has 10 rings (SSSR count). The number of benzene rings is 10. The van der Waals surface area contributed by atoms with Crippen molar-refractivity contribution in [1.82, 2.24) is 0 Å². The minimum Gasteiger partial charge on any atom is -0.310 e. The maximum atomic E-state index is 2.37. The zero-order chi connectivity index (χ0) is 38.7. The van der Waals surface area contributed by atoms with Gasteiger partial charge in [0.1, 0.15) is 0 Å². The van der Waals surface area contributed by atoms with Crippen LogP contribution in [0.25, 0.3) is 54.9 Å². The summed E-state index contributed by atoms with van der Waals surface area (Å²) < 4.78 is 0. The molecule has 0 aliphatic carbocycles. The lowest BCUT2D eigenvalue weighted by Gasteiger charge is -2.29. The summed E-state index contributed by atoms with van der Waals surface area (Å²) in [4.78, 5) is 4.69. The lowest BCUT2D eigenvalue weighted by molar-refractivity contribution is 1.25. The molecule has 0 unspecified atom stereocenters. The fourth-order valence-electron chi connectivity index (χ4n) is 8.32. The first kappa shape index (κ1) is 34.8. The molecule has 10 aromatic carbocycles. The molecular weight excluding hydrogens is 701 g/mol. The van der Waals surface area contributed by atoms with E-state index in [2.05, 4.69) is 252 Å². The summed E-state index contributed by atoms with van der Waals surface area (Å²) in [7, 11) is 0. The Hall–Kier alpha value is -7.68. The van der Waals surface area contributed by atoms with E-state index in [1.54, 1.807) is 0 Å². The van der Waals surface area contributed by atoms with E-state index in [0.29, 0.717) is 0 Å². The zero-order valence-corrected chi connectivity index (χ0v) is 32.0. The SMILES string of the molecule is c1ccc(-c2cccc(N(c3ccc(-c4cccc5c(-c6cccc7ccccc67)cccc45)cc3)c3cccc(N(c4ccccc4)c4ccccc4)c3)c2)cc1. The zero-order valence-electron chi connectivity index (χ0n) is 32.0. The molecule has 0 spiro atoms. The van der Waals surface area contributed by atoms with Gasteiger partial charge in [-0.1, -0.05) is 176 Å². The quantitative estimate of drug-likeness (QED) is 0.145. The number of rotatable bonds is 9. The second-order valence-electron chi connectivity index (χ2n) is 14.6. The Morgan fingerprint density at radius 3 is 1.28 bits per heavy atom. The average molecular weight is 741 g/mol. The van der Waals surface area contributed by atoms with Gasteiger partial charge in [0.2, 0.25) is 0 Å². The molecule has 0 saturated carbocycles. The van der Waals surface area contributed by atoms with Crippen LogP contribution in [0.15, 0.2) is 243 Å². The first-order valence-corrected chi connectivity index (χ1v) is 19.8. The molecule has 0 atom stereocenters. The van der Waals surface area contributed by atoms with E-state index >= 15 is 0 Å². The van der Waals surface area contributed by atoms with Gasteiger partial charge in [0.25, 0.3) is 0 Å². The minimum absolute atomic E-state index is 1.07. The highest BCUT2D eigenvalue weighted by atomic mass is 15.2. The van der Waals surface area contributed by atoms with Crippen LogP contribution in [-0.2, 0) is 0 Å². The molecule has 0 heterocycles. The number of anilines is 6. The van der Waals surface area contributed by atoms with E-state index in [0.717, 1.165) is 34.1 Å². The van der Waals surface area contributed by atoms with Crippen molar-refractivity contribution in [3.8, 4) is 33.4 Å². The standard InChI is InChI=1S/C56H40N2/c1-4-17-41(18-5-1)44-21-12-26-48(39-44)58(50-28-14-27-49(40-50)57(45-22-6-2-7-23-45)46-24-8-3-9-25-46)47-37-35-43(36-38-47)52-30-15-33-55-54(52)32-16-34-56(55)53-31-13-20-42-19-10-11-29-51(42)53/h1-40H. The molecule has 0 aliphatic rings. The third kappa shape index (κ3) is 6.67. The van der Waals surface area contributed by atoms with Crippen molar-refractivity contribution >= 4 is 55.7 Å². The average Bonchev–Trinajstić information content (AvgIpc) is 3.30. The summed E-state index contributed by atoms with van der Waals surface area (Å²) in [6.45, 7) is 0. The van der Waals surface area contributed by atoms with E-state index < -0.39 is 0 Å². The van der Waals surface area contributed by atoms with Crippen molar-refractivity contribution in [3.05, 3.63) is 243 Å². The number of hydrogen-bond donors (Lipinski definition) is 0. The molecule has 0 N–H and O–H groups in total. The Labute approximate surface area is 340 Å². The van der Waals surface area contributed by atoms with Gasteiger partial charge < -0.3 is 9.80 Å². The van der Waals surface area contributed by atoms with Crippen molar-refractivity contribution in [2.45, 2.75) is 0 Å². The maximum absolute atomic E-state index is 2.37. The van der Waals surface area contributed by atoms with Crippen molar-refractivity contribution in [2.24, 2.45) is 0 Å². The highest BCUT2D eigenvalue weighted by Crippen LogP contribution is 2.43. The third-order valence-electron chi connectivity index (χ3n) is 11.0. The number of hydrogen-bond acceptors (Lipinski definition) is 2. The van der Waals surface area contributed by atoms with Crippen molar-refractivity contribution in [2.75, 3.05) is 9.80 Å². The first-order valence-electron chi connectivity index (χ1n) is 19.8. The van der Waals surface area contributed by atoms with E-state index in [4.69, 9.17) is 0 Å². The Morgan fingerprint density at radius 1 is 0.207 bits per heavy atom. The lowest BCUT2D eigenvalue weighted by atomic mass is 9.91. The fraction of sp³-hybridized carbons (Fsp3) is 0. The summed E-state index contributed by atoms with van der Waals surface area (Å²) in [6.07, 6.45) is 0. The van der Waals surface area contributed by atoms with E-state index in [1.165, 1.54) is 54.9 Å². The molecule has 0 bridgehead atoms. The van der Waals surface area contributed by atoms with Crippen LogP contribution in [0, 0.1) is 0 Å². The van der Waals surface area contributed by atoms with Crippen LogP contribution < -0.4 is 9.80 Å². The molecule has 58 heavy (non-hydrogen) atoms. The van der Waals surface area contributed by atoms with Gasteiger partial charge in [0.05, 0.1) is 0 Å². The Bertz CT molecular complexity index is 2950. The predicted molar refractivity (Wildman–Crippen MR) is 247 cm³/mol. The van der Waals surface area contributed by atoms with Crippen molar-refractivity contribution in [1.29, 1.82) is 0 Å². The fourth-order valence-corrected chi connectivity index (χ4v) is 8.32. The maximum Gasteiger partial charge on any atom is 0.0482 e. The molecular formula is C56H40N2. The predicted octanol–water partition coefficient (Wildman–Crippen LogP) is 15.9. The van der Waals surface area contributed by atoms with Crippen molar-refractivity contribution in [3.63, 3.8) is 0 Å². The number of nitrogens with zero attached hydrogens (tertiary/aromatic N) is 2. The molecule has 0 radical (unpaired) electrons.